The lowest BCUT2D eigenvalue weighted by Crippen LogP contribution is -2.36. The van der Waals surface area contributed by atoms with Crippen LogP contribution in [0.15, 0.2) is 128 Å². The summed E-state index contributed by atoms with van der Waals surface area (Å²) in [5.74, 6) is 0.311. The molecular formula is C37H33ClN2O. The maximum atomic E-state index is 13.0. The number of aromatic nitrogens is 2. The fourth-order valence-corrected chi connectivity index (χ4v) is 6.49. The number of ketones is 1. The van der Waals surface area contributed by atoms with Crippen molar-refractivity contribution in [2.75, 3.05) is 0 Å². The van der Waals surface area contributed by atoms with Gasteiger partial charge in [-0.05, 0) is 47.8 Å². The molecule has 3 nitrogen and oxygen atoms in total. The molecule has 4 aromatic carbocycles. The monoisotopic (exact) mass is 556 g/mol. The van der Waals surface area contributed by atoms with Crippen LogP contribution in [-0.2, 0) is 10.3 Å². The SMILES string of the molecule is O=C(/C=C/c1c(Cl)cccc1-c1cn(C(c2ccccc2)(c2ccccc2)c2ccccc2)cn1)C1CCCCC1. The molecule has 1 aliphatic carbocycles. The van der Waals surface area contributed by atoms with Crippen LogP contribution in [0.1, 0.15) is 54.4 Å². The summed E-state index contributed by atoms with van der Waals surface area (Å²) in [5, 5.41) is 0.602. The van der Waals surface area contributed by atoms with Crippen LogP contribution < -0.4 is 0 Å². The summed E-state index contributed by atoms with van der Waals surface area (Å²) < 4.78 is 2.20. The Morgan fingerprint density at radius 3 is 1.88 bits per heavy atom. The molecule has 204 valence electrons. The zero-order valence-electron chi connectivity index (χ0n) is 23.0. The molecule has 1 heterocycles. The molecule has 0 amide bonds. The van der Waals surface area contributed by atoms with Gasteiger partial charge in [-0.2, -0.15) is 0 Å². The van der Waals surface area contributed by atoms with Gasteiger partial charge in [0.1, 0.15) is 5.54 Å². The number of nitrogens with zero attached hydrogens (tertiary/aromatic N) is 2. The maximum Gasteiger partial charge on any atom is 0.158 e. The van der Waals surface area contributed by atoms with Gasteiger partial charge in [0.25, 0.3) is 0 Å². The Bertz CT molecular complexity index is 1540. The largest absolute Gasteiger partial charge is 0.318 e. The molecule has 0 saturated heterocycles. The lowest BCUT2D eigenvalue weighted by atomic mass is 9.77. The Kier molecular flexibility index (Phi) is 7.98. The molecule has 1 aromatic heterocycles. The first-order chi connectivity index (χ1) is 20.2. The molecule has 0 atom stereocenters. The van der Waals surface area contributed by atoms with Crippen molar-refractivity contribution >= 4 is 23.5 Å². The zero-order valence-corrected chi connectivity index (χ0v) is 23.8. The van der Waals surface area contributed by atoms with E-state index in [4.69, 9.17) is 16.6 Å². The maximum absolute atomic E-state index is 13.0. The normalized spacial score (nSPS) is 14.4. The summed E-state index contributed by atoms with van der Waals surface area (Å²) in [5.41, 5.74) is 5.24. The van der Waals surface area contributed by atoms with Crippen molar-refractivity contribution in [1.82, 2.24) is 9.55 Å². The molecule has 0 unspecified atom stereocenters. The molecule has 4 heteroatoms. The minimum atomic E-state index is -0.652. The van der Waals surface area contributed by atoms with E-state index in [2.05, 4.69) is 83.6 Å². The smallest absolute Gasteiger partial charge is 0.158 e. The van der Waals surface area contributed by atoms with Crippen molar-refractivity contribution in [3.63, 3.8) is 0 Å². The number of hydrogen-bond acceptors (Lipinski definition) is 2. The van der Waals surface area contributed by atoms with E-state index in [0.29, 0.717) is 5.02 Å². The Balaban J connectivity index is 1.48. The van der Waals surface area contributed by atoms with E-state index >= 15 is 0 Å². The van der Waals surface area contributed by atoms with Gasteiger partial charge in [0, 0.05) is 28.3 Å². The second-order valence-corrected chi connectivity index (χ2v) is 11.2. The van der Waals surface area contributed by atoms with E-state index < -0.39 is 5.54 Å². The van der Waals surface area contributed by atoms with Crippen molar-refractivity contribution in [3.8, 4) is 11.3 Å². The van der Waals surface area contributed by atoms with Gasteiger partial charge in [0.2, 0.25) is 0 Å². The summed E-state index contributed by atoms with van der Waals surface area (Å²) in [4.78, 5) is 17.9. The van der Waals surface area contributed by atoms with Crippen molar-refractivity contribution in [1.29, 1.82) is 0 Å². The second kappa shape index (κ2) is 12.1. The van der Waals surface area contributed by atoms with Gasteiger partial charge in [-0.1, -0.05) is 134 Å². The van der Waals surface area contributed by atoms with E-state index in [-0.39, 0.29) is 11.7 Å². The van der Waals surface area contributed by atoms with E-state index in [0.717, 1.165) is 59.2 Å². The molecule has 0 N–H and O–H groups in total. The Labute approximate surface area is 247 Å². The van der Waals surface area contributed by atoms with E-state index in [1.807, 2.05) is 48.8 Å². The summed E-state index contributed by atoms with van der Waals surface area (Å²) in [6.07, 6.45) is 13.0. The molecule has 1 aliphatic rings. The molecule has 1 saturated carbocycles. The van der Waals surface area contributed by atoms with Crippen molar-refractivity contribution in [2.45, 2.75) is 37.6 Å². The van der Waals surface area contributed by atoms with Crippen LogP contribution in [0.25, 0.3) is 17.3 Å². The van der Waals surface area contributed by atoms with Gasteiger partial charge in [0.05, 0.1) is 12.0 Å². The van der Waals surface area contributed by atoms with Gasteiger partial charge in [0.15, 0.2) is 5.78 Å². The molecule has 0 bridgehead atoms. The molecular weight excluding hydrogens is 524 g/mol. The number of carbonyl (C=O) groups is 1. The molecule has 0 spiro atoms. The van der Waals surface area contributed by atoms with Gasteiger partial charge in [-0.3, -0.25) is 4.79 Å². The third-order valence-corrected chi connectivity index (χ3v) is 8.62. The minimum Gasteiger partial charge on any atom is -0.318 e. The van der Waals surface area contributed by atoms with Crippen molar-refractivity contribution < 1.29 is 4.79 Å². The average molecular weight is 557 g/mol. The summed E-state index contributed by atoms with van der Waals surface area (Å²) in [7, 11) is 0. The van der Waals surface area contributed by atoms with E-state index in [1.165, 1.54) is 6.42 Å². The van der Waals surface area contributed by atoms with Crippen molar-refractivity contribution in [2.24, 2.45) is 5.92 Å². The third kappa shape index (κ3) is 5.30. The first kappa shape index (κ1) is 27.0. The highest BCUT2D eigenvalue weighted by Gasteiger charge is 2.38. The van der Waals surface area contributed by atoms with E-state index in [1.54, 1.807) is 6.08 Å². The zero-order chi connectivity index (χ0) is 28.1. The van der Waals surface area contributed by atoms with E-state index in [9.17, 15) is 4.79 Å². The number of hydrogen-bond donors (Lipinski definition) is 0. The number of carbonyl (C=O) groups excluding carboxylic acids is 1. The highest BCUT2D eigenvalue weighted by atomic mass is 35.5. The number of rotatable bonds is 8. The molecule has 1 fully saturated rings. The van der Waals surface area contributed by atoms with Crippen LogP contribution >= 0.6 is 11.6 Å². The van der Waals surface area contributed by atoms with Gasteiger partial charge < -0.3 is 4.57 Å². The lowest BCUT2D eigenvalue weighted by Gasteiger charge is -2.37. The van der Waals surface area contributed by atoms with Crippen LogP contribution in [0.3, 0.4) is 0 Å². The third-order valence-electron chi connectivity index (χ3n) is 8.30. The Morgan fingerprint density at radius 1 is 0.756 bits per heavy atom. The number of halogens is 1. The fraction of sp³-hybridized carbons (Fsp3) is 0.189. The first-order valence-corrected chi connectivity index (χ1v) is 14.8. The van der Waals surface area contributed by atoms with Gasteiger partial charge >= 0.3 is 0 Å². The molecule has 0 aliphatic heterocycles. The molecule has 5 aromatic rings. The quantitative estimate of drug-likeness (QED) is 0.141. The highest BCUT2D eigenvalue weighted by Crippen LogP contribution is 2.42. The highest BCUT2D eigenvalue weighted by molar-refractivity contribution is 6.32. The minimum absolute atomic E-state index is 0.119. The summed E-state index contributed by atoms with van der Waals surface area (Å²) >= 11 is 6.74. The van der Waals surface area contributed by atoms with Crippen LogP contribution in [0.4, 0.5) is 0 Å². The fourth-order valence-electron chi connectivity index (χ4n) is 6.25. The van der Waals surface area contributed by atoms with Crippen molar-refractivity contribution in [3.05, 3.63) is 155 Å². The van der Waals surface area contributed by atoms with Crippen LogP contribution in [0.2, 0.25) is 5.02 Å². The molecule has 41 heavy (non-hydrogen) atoms. The summed E-state index contributed by atoms with van der Waals surface area (Å²) in [6.45, 7) is 0. The molecule has 0 radical (unpaired) electrons. The summed E-state index contributed by atoms with van der Waals surface area (Å²) in [6, 6.07) is 37.5. The predicted molar refractivity (Wildman–Crippen MR) is 168 cm³/mol. The van der Waals surface area contributed by atoms with Gasteiger partial charge in [-0.25, -0.2) is 4.98 Å². The second-order valence-electron chi connectivity index (χ2n) is 10.7. The number of imidazole rings is 1. The van der Waals surface area contributed by atoms with Gasteiger partial charge in [-0.15, -0.1) is 0 Å². The lowest BCUT2D eigenvalue weighted by molar-refractivity contribution is -0.119. The topological polar surface area (TPSA) is 34.9 Å². The molecule has 6 rings (SSSR count). The Morgan fingerprint density at radius 2 is 1.32 bits per heavy atom. The van der Waals surface area contributed by atoms with Crippen LogP contribution in [-0.4, -0.2) is 15.3 Å². The Hall–Kier alpha value is -4.21. The van der Waals surface area contributed by atoms with Crippen LogP contribution in [0, 0.1) is 5.92 Å². The first-order valence-electron chi connectivity index (χ1n) is 14.4. The average Bonchev–Trinajstić information content (AvgIpc) is 3.53. The predicted octanol–water partition coefficient (Wildman–Crippen LogP) is 9.21. The van der Waals surface area contributed by atoms with Crippen LogP contribution in [0.5, 0.6) is 0 Å². The number of benzene rings is 4. The number of allylic oxidation sites excluding steroid dienone is 1. The standard InChI is InChI=1S/C37H33ClN2O/c38-34-23-13-22-33(32(34)24-25-36(41)28-14-5-1-6-15-28)35-26-40(27-39-35)37(29-16-7-2-8-17-29,30-18-9-3-10-19-30)31-20-11-4-12-21-31/h2-4,7-13,16-28H,1,5-6,14-15H2/b25-24+.